The summed E-state index contributed by atoms with van der Waals surface area (Å²) in [5.41, 5.74) is 0.963. The average Bonchev–Trinajstić information content (AvgIpc) is 2.62. The molecule has 2 saturated heterocycles. The van der Waals surface area contributed by atoms with Gasteiger partial charge in [0.25, 0.3) is 0 Å². The topological polar surface area (TPSA) is 62.1 Å². The van der Waals surface area contributed by atoms with Gasteiger partial charge in [-0.25, -0.2) is 0 Å². The van der Waals surface area contributed by atoms with Crippen LogP contribution < -0.4 is 9.64 Å². The molecule has 1 aromatic carbocycles. The van der Waals surface area contributed by atoms with Crippen molar-refractivity contribution in [2.75, 3.05) is 58.3 Å². The van der Waals surface area contributed by atoms with Gasteiger partial charge in [-0.2, -0.15) is 0 Å². The largest absolute Gasteiger partial charge is 0.490 e. The number of nitro groups is 1. The minimum absolute atomic E-state index is 0.00884. The molecule has 0 saturated carbocycles. The molecule has 7 nitrogen and oxygen atoms in total. The van der Waals surface area contributed by atoms with Crippen molar-refractivity contribution in [3.8, 4) is 5.75 Å². The molecule has 2 heterocycles. The highest BCUT2D eigenvalue weighted by Gasteiger charge is 2.28. The van der Waals surface area contributed by atoms with E-state index in [0.717, 1.165) is 62.3 Å². The van der Waals surface area contributed by atoms with Crippen LogP contribution >= 0.6 is 15.9 Å². The monoisotopic (exact) mass is 412 g/mol. The van der Waals surface area contributed by atoms with E-state index >= 15 is 0 Å². The van der Waals surface area contributed by atoms with Crippen LogP contribution in [0.1, 0.15) is 12.8 Å². The molecule has 1 aromatic rings. The maximum Gasteiger partial charge on any atom is 0.312 e. The van der Waals surface area contributed by atoms with E-state index in [9.17, 15) is 10.1 Å². The third-order valence-electron chi connectivity index (χ3n) is 5.30. The van der Waals surface area contributed by atoms with Crippen molar-refractivity contribution in [3.05, 3.63) is 26.7 Å². The third kappa shape index (κ3) is 4.07. The maximum atomic E-state index is 11.1. The van der Waals surface area contributed by atoms with Crippen LogP contribution in [0.3, 0.4) is 0 Å². The van der Waals surface area contributed by atoms with E-state index in [2.05, 4.69) is 37.7 Å². The minimum Gasteiger partial charge on any atom is -0.490 e. The van der Waals surface area contributed by atoms with E-state index < -0.39 is 4.92 Å². The van der Waals surface area contributed by atoms with E-state index in [-0.39, 0.29) is 5.69 Å². The van der Waals surface area contributed by atoms with Gasteiger partial charge in [-0.15, -0.1) is 0 Å². The zero-order valence-electron chi connectivity index (χ0n) is 14.8. The molecule has 0 bridgehead atoms. The van der Waals surface area contributed by atoms with E-state index in [1.54, 1.807) is 12.1 Å². The van der Waals surface area contributed by atoms with Crippen molar-refractivity contribution in [1.29, 1.82) is 0 Å². The Balaban J connectivity index is 1.67. The number of nitro benzene ring substituents is 1. The van der Waals surface area contributed by atoms with E-state index in [1.165, 1.54) is 7.11 Å². The van der Waals surface area contributed by atoms with Crippen LogP contribution in [0, 0.1) is 10.1 Å². The summed E-state index contributed by atoms with van der Waals surface area (Å²) in [6, 6.07) is 3.96. The summed E-state index contributed by atoms with van der Waals surface area (Å²) in [4.78, 5) is 18.0. The maximum absolute atomic E-state index is 11.1. The zero-order valence-corrected chi connectivity index (χ0v) is 16.4. The van der Waals surface area contributed by atoms with Crippen LogP contribution in [-0.2, 0) is 0 Å². The number of methoxy groups -OCH3 is 1. The van der Waals surface area contributed by atoms with Gasteiger partial charge in [0.1, 0.15) is 0 Å². The molecule has 0 N–H and O–H groups in total. The molecular weight excluding hydrogens is 388 g/mol. The van der Waals surface area contributed by atoms with E-state index in [1.807, 2.05) is 0 Å². The Labute approximate surface area is 156 Å². The number of anilines is 1. The Morgan fingerprint density at radius 1 is 1.16 bits per heavy atom. The lowest BCUT2D eigenvalue weighted by Gasteiger charge is -2.42. The second-order valence-electron chi connectivity index (χ2n) is 6.79. The van der Waals surface area contributed by atoms with Crippen LogP contribution in [0.25, 0.3) is 0 Å². The van der Waals surface area contributed by atoms with E-state index in [4.69, 9.17) is 4.74 Å². The number of hydrogen-bond donors (Lipinski definition) is 0. The van der Waals surface area contributed by atoms with E-state index in [0.29, 0.717) is 11.8 Å². The predicted molar refractivity (Wildman–Crippen MR) is 102 cm³/mol. The quantitative estimate of drug-likeness (QED) is 0.559. The van der Waals surface area contributed by atoms with Crippen LogP contribution in [0.2, 0.25) is 0 Å². The Morgan fingerprint density at radius 3 is 2.36 bits per heavy atom. The van der Waals surface area contributed by atoms with Gasteiger partial charge in [-0.05, 0) is 35.8 Å². The molecule has 0 unspecified atom stereocenters. The first kappa shape index (κ1) is 18.4. The first-order valence-electron chi connectivity index (χ1n) is 8.69. The van der Waals surface area contributed by atoms with Crippen molar-refractivity contribution >= 4 is 27.3 Å². The fourth-order valence-corrected chi connectivity index (χ4v) is 4.32. The molecule has 0 amide bonds. The van der Waals surface area contributed by atoms with Crippen LogP contribution in [0.5, 0.6) is 5.75 Å². The smallest absolute Gasteiger partial charge is 0.312 e. The van der Waals surface area contributed by atoms with Gasteiger partial charge in [0, 0.05) is 61.9 Å². The number of ether oxygens (including phenoxy) is 1. The molecule has 2 aliphatic rings. The summed E-state index contributed by atoms with van der Waals surface area (Å²) in [5, 5.41) is 11.1. The SMILES string of the molecule is COc1cc(N2CCC(N3CCN(C)CC3)CC2)c(Br)cc1[N+](=O)[O-]. The van der Waals surface area contributed by atoms with Crippen molar-refractivity contribution in [1.82, 2.24) is 9.80 Å². The highest BCUT2D eigenvalue weighted by molar-refractivity contribution is 9.10. The Bertz CT molecular complexity index is 627. The summed E-state index contributed by atoms with van der Waals surface area (Å²) < 4.78 is 5.97. The van der Waals surface area contributed by atoms with Crippen molar-refractivity contribution < 1.29 is 9.66 Å². The van der Waals surface area contributed by atoms with Gasteiger partial charge < -0.3 is 14.5 Å². The Morgan fingerprint density at radius 2 is 1.80 bits per heavy atom. The normalized spacial score (nSPS) is 20.7. The zero-order chi connectivity index (χ0) is 18.0. The first-order chi connectivity index (χ1) is 12.0. The Kier molecular flexibility index (Phi) is 5.81. The third-order valence-corrected chi connectivity index (χ3v) is 5.94. The number of piperazine rings is 1. The summed E-state index contributed by atoms with van der Waals surface area (Å²) in [5.74, 6) is 0.310. The summed E-state index contributed by atoms with van der Waals surface area (Å²) in [6.45, 7) is 6.50. The summed E-state index contributed by atoms with van der Waals surface area (Å²) in [7, 11) is 3.65. The molecule has 2 aliphatic heterocycles. The molecule has 0 atom stereocenters. The second-order valence-corrected chi connectivity index (χ2v) is 7.64. The number of piperidine rings is 1. The molecule has 0 aromatic heterocycles. The number of rotatable bonds is 4. The lowest BCUT2D eigenvalue weighted by molar-refractivity contribution is -0.385. The standard InChI is InChI=1S/C17H25BrN4O3/c1-19-7-9-20(10-8-19)13-3-5-21(6-4-13)15-12-17(25-2)16(22(23)24)11-14(15)18/h11-13H,3-10H2,1-2H3. The van der Waals surface area contributed by atoms with Crippen LogP contribution in [0.15, 0.2) is 16.6 Å². The predicted octanol–water partition coefficient (Wildman–Crippen LogP) is 2.58. The average molecular weight is 413 g/mol. The van der Waals surface area contributed by atoms with Gasteiger partial charge in [0.15, 0.2) is 5.75 Å². The molecule has 0 spiro atoms. The number of likely N-dealkylation sites (N-methyl/N-ethyl adjacent to an activating group) is 1. The van der Waals surface area contributed by atoms with Gasteiger partial charge in [-0.3, -0.25) is 15.0 Å². The lowest BCUT2D eigenvalue weighted by Crippen LogP contribution is -2.52. The van der Waals surface area contributed by atoms with Crippen molar-refractivity contribution in [3.63, 3.8) is 0 Å². The number of benzene rings is 1. The molecule has 8 heteroatoms. The van der Waals surface area contributed by atoms with Gasteiger partial charge >= 0.3 is 5.69 Å². The molecule has 0 aliphatic carbocycles. The highest BCUT2D eigenvalue weighted by Crippen LogP contribution is 2.39. The van der Waals surface area contributed by atoms with Crippen molar-refractivity contribution in [2.24, 2.45) is 0 Å². The molecule has 0 radical (unpaired) electrons. The fourth-order valence-electron chi connectivity index (χ4n) is 3.74. The molecule has 3 rings (SSSR count). The number of nitrogens with zero attached hydrogens (tertiary/aromatic N) is 4. The lowest BCUT2D eigenvalue weighted by atomic mass is 10.0. The molecular formula is C17H25BrN4O3. The highest BCUT2D eigenvalue weighted by atomic mass is 79.9. The molecule has 138 valence electrons. The molecule has 2 fully saturated rings. The number of halogens is 1. The second kappa shape index (κ2) is 7.88. The van der Waals surface area contributed by atoms with Gasteiger partial charge in [-0.1, -0.05) is 0 Å². The number of hydrogen-bond acceptors (Lipinski definition) is 6. The van der Waals surface area contributed by atoms with Crippen molar-refractivity contribution in [2.45, 2.75) is 18.9 Å². The van der Waals surface area contributed by atoms with Crippen LogP contribution in [0.4, 0.5) is 11.4 Å². The summed E-state index contributed by atoms with van der Waals surface area (Å²) >= 11 is 3.50. The molecule has 25 heavy (non-hydrogen) atoms. The van der Waals surface area contributed by atoms with Gasteiger partial charge in [0.2, 0.25) is 0 Å². The Hall–Kier alpha value is -1.38. The van der Waals surface area contributed by atoms with Crippen LogP contribution in [-0.4, -0.2) is 74.2 Å². The van der Waals surface area contributed by atoms with Gasteiger partial charge in [0.05, 0.1) is 17.7 Å². The first-order valence-corrected chi connectivity index (χ1v) is 9.48. The minimum atomic E-state index is -0.410. The fraction of sp³-hybridized carbons (Fsp3) is 0.647. The summed E-state index contributed by atoms with van der Waals surface area (Å²) in [6.07, 6.45) is 2.24.